The van der Waals surface area contributed by atoms with Gasteiger partial charge >= 0.3 is 0 Å². The van der Waals surface area contributed by atoms with Crippen LogP contribution in [-0.4, -0.2) is 52.6 Å². The lowest BCUT2D eigenvalue weighted by Crippen LogP contribution is -2.52. The second-order valence-electron chi connectivity index (χ2n) is 10.3. The Hall–Kier alpha value is -3.23. The fourth-order valence-electron chi connectivity index (χ4n) is 5.25. The lowest BCUT2D eigenvalue weighted by Gasteiger charge is -2.39. The zero-order chi connectivity index (χ0) is 26.1. The number of aliphatic imine (C=N–C) groups is 1. The summed E-state index contributed by atoms with van der Waals surface area (Å²) in [5.41, 5.74) is 7.87. The van der Waals surface area contributed by atoms with Crippen LogP contribution < -0.4 is 11.1 Å². The number of hydrogen-bond donors (Lipinski definition) is 3. The molecule has 192 valence electrons. The van der Waals surface area contributed by atoms with Crippen LogP contribution >= 0.6 is 0 Å². The molecule has 0 aromatic heterocycles. The molecule has 0 bridgehead atoms. The normalized spacial score (nSPS) is 26.4. The van der Waals surface area contributed by atoms with Gasteiger partial charge in [0.25, 0.3) is 5.91 Å². The minimum absolute atomic E-state index is 0.0959. The summed E-state index contributed by atoms with van der Waals surface area (Å²) in [5, 5.41) is 14.0. The minimum atomic E-state index is -1.09. The first-order chi connectivity index (χ1) is 17.1. The number of carbonyl (C=O) groups excluding carboxylic acids is 2. The van der Waals surface area contributed by atoms with Crippen molar-refractivity contribution in [2.24, 2.45) is 10.7 Å². The number of nitrogens with one attached hydrogen (secondary N) is 1. The average Bonchev–Trinajstić information content (AvgIpc) is 3.10. The fraction of sp³-hybridized carbons (Fsp3) is 0.464. The highest BCUT2D eigenvalue weighted by Gasteiger charge is 2.42. The number of ether oxygens (including phenoxy) is 1. The van der Waals surface area contributed by atoms with Crippen LogP contribution in [0.15, 0.2) is 53.5 Å². The van der Waals surface area contributed by atoms with Crippen LogP contribution in [0.2, 0.25) is 0 Å². The van der Waals surface area contributed by atoms with Gasteiger partial charge in [-0.25, -0.2) is 4.99 Å². The average molecular weight is 493 g/mol. The highest BCUT2D eigenvalue weighted by molar-refractivity contribution is 5.99. The molecule has 4 atom stereocenters. The van der Waals surface area contributed by atoms with Crippen molar-refractivity contribution >= 4 is 17.8 Å². The number of carbonyl (C=O) groups is 2. The van der Waals surface area contributed by atoms with Crippen LogP contribution in [0.3, 0.4) is 0 Å². The maximum absolute atomic E-state index is 13.3. The lowest BCUT2D eigenvalue weighted by atomic mass is 9.91. The molecule has 4 rings (SSSR count). The van der Waals surface area contributed by atoms with Gasteiger partial charge in [0, 0.05) is 25.7 Å². The summed E-state index contributed by atoms with van der Waals surface area (Å²) >= 11 is 0. The van der Waals surface area contributed by atoms with Crippen molar-refractivity contribution in [3.63, 3.8) is 0 Å². The topological polar surface area (TPSA) is 117 Å². The highest BCUT2D eigenvalue weighted by atomic mass is 16.5. The van der Waals surface area contributed by atoms with Crippen LogP contribution in [0.4, 0.5) is 0 Å². The number of benzene rings is 2. The molecule has 1 heterocycles. The third-order valence-corrected chi connectivity index (χ3v) is 7.45. The Morgan fingerprint density at radius 3 is 2.69 bits per heavy atom. The summed E-state index contributed by atoms with van der Waals surface area (Å²) in [6, 6.07) is 14.0. The van der Waals surface area contributed by atoms with Crippen molar-refractivity contribution in [3.05, 3.63) is 70.8 Å². The van der Waals surface area contributed by atoms with Gasteiger partial charge < -0.3 is 20.9 Å². The van der Waals surface area contributed by atoms with E-state index >= 15 is 0 Å². The van der Waals surface area contributed by atoms with Gasteiger partial charge in [-0.1, -0.05) is 43.3 Å². The second kappa shape index (κ2) is 10.0. The number of guanidine groups is 1. The molecule has 2 unspecified atom stereocenters. The molecule has 0 saturated heterocycles. The van der Waals surface area contributed by atoms with Crippen molar-refractivity contribution < 1.29 is 19.4 Å². The Kier molecular flexibility index (Phi) is 7.20. The molecule has 2 amide bonds. The molecule has 0 saturated carbocycles. The summed E-state index contributed by atoms with van der Waals surface area (Å²) in [5.74, 6) is -0.207. The summed E-state index contributed by atoms with van der Waals surface area (Å²) in [7, 11) is 1.61. The minimum Gasteiger partial charge on any atom is -0.387 e. The molecule has 8 nitrogen and oxygen atoms in total. The zero-order valence-corrected chi connectivity index (χ0v) is 21.5. The maximum atomic E-state index is 13.3. The molecule has 1 aliphatic heterocycles. The van der Waals surface area contributed by atoms with Crippen LogP contribution in [0.5, 0.6) is 0 Å². The highest BCUT2D eigenvalue weighted by Crippen LogP contribution is 2.39. The number of nitrogens with zero attached hydrogens (tertiary/aromatic N) is 2. The summed E-state index contributed by atoms with van der Waals surface area (Å²) in [6.45, 7) is 6.07. The third kappa shape index (κ3) is 5.01. The van der Waals surface area contributed by atoms with Gasteiger partial charge in [-0.15, -0.1) is 0 Å². The van der Waals surface area contributed by atoms with Crippen LogP contribution in [0, 0.1) is 0 Å². The van der Waals surface area contributed by atoms with Gasteiger partial charge in [0.05, 0.1) is 29.6 Å². The predicted octanol–water partition coefficient (Wildman–Crippen LogP) is 3.26. The Morgan fingerprint density at radius 1 is 1.25 bits per heavy atom. The number of amides is 2. The van der Waals surface area contributed by atoms with Crippen LogP contribution in [-0.2, 0) is 16.0 Å². The van der Waals surface area contributed by atoms with E-state index in [-0.39, 0.29) is 24.2 Å². The summed E-state index contributed by atoms with van der Waals surface area (Å²) in [4.78, 5) is 32.7. The van der Waals surface area contributed by atoms with E-state index in [1.807, 2.05) is 44.2 Å². The zero-order valence-electron chi connectivity index (χ0n) is 21.5. The van der Waals surface area contributed by atoms with E-state index in [2.05, 4.69) is 10.3 Å². The van der Waals surface area contributed by atoms with Gasteiger partial charge in [-0.2, -0.15) is 0 Å². The maximum Gasteiger partial charge on any atom is 0.251 e. The van der Waals surface area contributed by atoms with Crippen molar-refractivity contribution in [2.75, 3.05) is 13.7 Å². The molecule has 0 radical (unpaired) electrons. The first kappa shape index (κ1) is 25.9. The summed E-state index contributed by atoms with van der Waals surface area (Å²) in [6.07, 6.45) is 1.94. The van der Waals surface area contributed by atoms with E-state index in [1.54, 1.807) is 32.2 Å². The van der Waals surface area contributed by atoms with Gasteiger partial charge in [0.15, 0.2) is 5.96 Å². The van der Waals surface area contributed by atoms with Gasteiger partial charge in [-0.3, -0.25) is 14.5 Å². The summed E-state index contributed by atoms with van der Waals surface area (Å²) < 4.78 is 5.31. The largest absolute Gasteiger partial charge is 0.387 e. The van der Waals surface area contributed by atoms with Gasteiger partial charge in [0.2, 0.25) is 5.91 Å². The second-order valence-corrected chi connectivity index (χ2v) is 10.3. The molecular formula is C28H36N4O4. The lowest BCUT2D eigenvalue weighted by molar-refractivity contribution is -0.131. The Balaban J connectivity index is 1.62. The first-order valence-corrected chi connectivity index (χ1v) is 12.5. The van der Waals surface area contributed by atoms with Crippen LogP contribution in [0.1, 0.15) is 79.2 Å². The first-order valence-electron chi connectivity index (χ1n) is 12.5. The number of hydrogen-bond acceptors (Lipinski definition) is 6. The van der Waals surface area contributed by atoms with Gasteiger partial charge in [-0.05, 0) is 55.5 Å². The number of fused-ring (bicyclic) bond motifs is 1. The molecule has 36 heavy (non-hydrogen) atoms. The molecule has 0 spiro atoms. The van der Waals surface area contributed by atoms with Crippen LogP contribution in [0.25, 0.3) is 0 Å². The number of aliphatic hydroxyl groups is 1. The van der Waals surface area contributed by atoms with E-state index < -0.39 is 23.2 Å². The fourth-order valence-corrected chi connectivity index (χ4v) is 5.25. The number of nitrogens with two attached hydrogens (primary N) is 1. The molecule has 0 fully saturated rings. The molecule has 4 N–H and O–H groups in total. The molecule has 2 aliphatic rings. The van der Waals surface area contributed by atoms with Crippen molar-refractivity contribution in [1.29, 1.82) is 0 Å². The number of rotatable bonds is 8. The van der Waals surface area contributed by atoms with E-state index in [0.29, 0.717) is 31.4 Å². The molecule has 1 aliphatic carbocycles. The molecular weight excluding hydrogens is 456 g/mol. The Labute approximate surface area is 212 Å². The van der Waals surface area contributed by atoms with E-state index in [0.717, 1.165) is 16.7 Å². The smallest absolute Gasteiger partial charge is 0.251 e. The molecule has 2 aromatic rings. The van der Waals surface area contributed by atoms with E-state index in [4.69, 9.17) is 10.5 Å². The monoisotopic (exact) mass is 492 g/mol. The van der Waals surface area contributed by atoms with E-state index in [1.165, 1.54) is 4.90 Å². The molecule has 8 heteroatoms. The standard InChI is InChI=1S/C28H36N4O4/c1-5-27(2)17-23(33)32(26(29)31-27)22(13-14-36-4)18-10-8-11-19(15-18)25(34)30-24-21-12-7-6-9-20(21)16-28(24,3)35/h6-12,15,22,24,35H,5,13-14,16-17H2,1-4H3,(H2,29,31)(H,30,34)/t22?,24-,27?,28+/m1/s1. The Morgan fingerprint density at radius 2 is 2.00 bits per heavy atom. The quantitative estimate of drug-likeness (QED) is 0.523. The van der Waals surface area contributed by atoms with E-state index in [9.17, 15) is 14.7 Å². The predicted molar refractivity (Wildman–Crippen MR) is 138 cm³/mol. The third-order valence-electron chi connectivity index (χ3n) is 7.45. The van der Waals surface area contributed by atoms with Crippen molar-refractivity contribution in [1.82, 2.24) is 10.2 Å². The van der Waals surface area contributed by atoms with Gasteiger partial charge in [0.1, 0.15) is 0 Å². The van der Waals surface area contributed by atoms with Crippen molar-refractivity contribution in [2.45, 2.75) is 69.7 Å². The SMILES string of the molecule is CCC1(C)CC(=O)N(C(CCOC)c2cccc(C(=O)N[C@@H]3c4ccccc4C[C@]3(C)O)c2)C(N)=N1. The van der Waals surface area contributed by atoms with Crippen molar-refractivity contribution in [3.8, 4) is 0 Å². The molecule has 2 aromatic carbocycles. The number of methoxy groups -OCH3 is 1. The Bertz CT molecular complexity index is 1180.